The number of hydrogen-bond acceptors (Lipinski definition) is 2. The second kappa shape index (κ2) is 6.26. The van der Waals surface area contributed by atoms with Crippen LogP contribution >= 0.6 is 15.9 Å². The van der Waals surface area contributed by atoms with Gasteiger partial charge in [0, 0.05) is 16.6 Å². The van der Waals surface area contributed by atoms with Crippen molar-refractivity contribution in [2.24, 2.45) is 5.73 Å². The van der Waals surface area contributed by atoms with Crippen molar-refractivity contribution in [1.82, 2.24) is 0 Å². The number of primary amides is 1. The highest BCUT2D eigenvalue weighted by Gasteiger charge is 2.31. The van der Waals surface area contributed by atoms with Crippen molar-refractivity contribution in [3.8, 4) is 0 Å². The average molecular weight is 351 g/mol. The van der Waals surface area contributed by atoms with E-state index < -0.39 is 11.4 Å². The van der Waals surface area contributed by atoms with Crippen LogP contribution in [0.3, 0.4) is 0 Å². The molecule has 0 aliphatic rings. The summed E-state index contributed by atoms with van der Waals surface area (Å²) >= 11 is 3.37. The van der Waals surface area contributed by atoms with E-state index in [9.17, 15) is 9.18 Å². The van der Waals surface area contributed by atoms with Crippen molar-refractivity contribution < 1.29 is 9.18 Å². The molecule has 3 nitrogen and oxygen atoms in total. The lowest BCUT2D eigenvalue weighted by Crippen LogP contribution is -2.49. The molecule has 5 heteroatoms. The van der Waals surface area contributed by atoms with Crippen molar-refractivity contribution in [2.75, 3.05) is 5.32 Å². The second-order valence-electron chi connectivity index (χ2n) is 5.13. The van der Waals surface area contributed by atoms with Gasteiger partial charge in [-0.25, -0.2) is 4.39 Å². The number of hydrogen-bond donors (Lipinski definition) is 2. The third-order valence-corrected chi connectivity index (χ3v) is 3.81. The Hall–Kier alpha value is -1.88. The van der Waals surface area contributed by atoms with Crippen LogP contribution in [0.2, 0.25) is 0 Å². The quantitative estimate of drug-likeness (QED) is 0.867. The Labute approximate surface area is 131 Å². The number of carbonyl (C=O) groups is 1. The Kier molecular flexibility index (Phi) is 4.63. The molecule has 0 aromatic heterocycles. The molecule has 3 N–H and O–H groups in total. The zero-order valence-electron chi connectivity index (χ0n) is 11.6. The van der Waals surface area contributed by atoms with E-state index in [1.807, 2.05) is 24.3 Å². The van der Waals surface area contributed by atoms with Crippen molar-refractivity contribution in [1.29, 1.82) is 0 Å². The molecule has 0 bridgehead atoms. The van der Waals surface area contributed by atoms with Crippen molar-refractivity contribution in [2.45, 2.75) is 18.9 Å². The number of benzene rings is 2. The molecule has 0 saturated heterocycles. The Balaban J connectivity index is 2.21. The zero-order chi connectivity index (χ0) is 15.5. The van der Waals surface area contributed by atoms with E-state index in [1.54, 1.807) is 19.1 Å². The van der Waals surface area contributed by atoms with Crippen LogP contribution < -0.4 is 11.1 Å². The van der Waals surface area contributed by atoms with E-state index in [0.29, 0.717) is 12.1 Å². The van der Waals surface area contributed by atoms with E-state index in [4.69, 9.17) is 5.73 Å². The monoisotopic (exact) mass is 350 g/mol. The summed E-state index contributed by atoms with van der Waals surface area (Å²) in [4.78, 5) is 11.8. The van der Waals surface area contributed by atoms with Crippen LogP contribution in [0.4, 0.5) is 10.1 Å². The first kappa shape index (κ1) is 15.5. The van der Waals surface area contributed by atoms with Gasteiger partial charge in [0.1, 0.15) is 11.4 Å². The topological polar surface area (TPSA) is 55.1 Å². The van der Waals surface area contributed by atoms with Crippen LogP contribution in [0, 0.1) is 5.82 Å². The number of anilines is 1. The van der Waals surface area contributed by atoms with Gasteiger partial charge in [-0.05, 0) is 48.9 Å². The third-order valence-electron chi connectivity index (χ3n) is 3.28. The highest BCUT2D eigenvalue weighted by Crippen LogP contribution is 2.21. The molecule has 1 atom stereocenters. The number of amides is 1. The Morgan fingerprint density at radius 3 is 2.29 bits per heavy atom. The molecule has 0 fully saturated rings. The molecule has 1 amide bonds. The molecular weight excluding hydrogens is 335 g/mol. The smallest absolute Gasteiger partial charge is 0.243 e. The Bertz CT molecular complexity index is 578. The predicted molar refractivity (Wildman–Crippen MR) is 85.5 cm³/mol. The van der Waals surface area contributed by atoms with Gasteiger partial charge in [-0.2, -0.15) is 0 Å². The minimum absolute atomic E-state index is 0.325. The number of nitrogens with two attached hydrogens (primary N) is 1. The van der Waals surface area contributed by atoms with Crippen LogP contribution in [-0.2, 0) is 11.2 Å². The minimum atomic E-state index is -0.953. The van der Waals surface area contributed by atoms with E-state index in [2.05, 4.69) is 21.2 Å². The summed E-state index contributed by atoms with van der Waals surface area (Å²) in [5.41, 5.74) is 6.22. The molecule has 0 spiro atoms. The molecular formula is C16H16BrFN2O. The molecule has 2 aromatic rings. The molecule has 2 rings (SSSR count). The maximum atomic E-state index is 12.9. The summed E-state index contributed by atoms with van der Waals surface area (Å²) in [5, 5.41) is 3.09. The second-order valence-corrected chi connectivity index (χ2v) is 6.05. The van der Waals surface area contributed by atoms with Gasteiger partial charge in [0.05, 0.1) is 0 Å². The maximum absolute atomic E-state index is 12.9. The molecule has 0 aliphatic heterocycles. The molecule has 110 valence electrons. The third kappa shape index (κ3) is 4.04. The van der Waals surface area contributed by atoms with Gasteiger partial charge in [0.15, 0.2) is 0 Å². The first-order chi connectivity index (χ1) is 9.89. The van der Waals surface area contributed by atoms with Gasteiger partial charge in [-0.15, -0.1) is 0 Å². The normalized spacial score (nSPS) is 13.5. The fourth-order valence-electron chi connectivity index (χ4n) is 2.06. The van der Waals surface area contributed by atoms with Crippen molar-refractivity contribution in [3.05, 3.63) is 64.4 Å². The number of halogens is 2. The lowest BCUT2D eigenvalue weighted by molar-refractivity contribution is -0.121. The zero-order valence-corrected chi connectivity index (χ0v) is 13.2. The summed E-state index contributed by atoms with van der Waals surface area (Å²) in [7, 11) is 0. The molecule has 0 heterocycles. The van der Waals surface area contributed by atoms with Crippen molar-refractivity contribution in [3.63, 3.8) is 0 Å². The molecule has 2 aromatic carbocycles. The summed E-state index contributed by atoms with van der Waals surface area (Å²) in [6.45, 7) is 1.74. The highest BCUT2D eigenvalue weighted by atomic mass is 79.9. The van der Waals surface area contributed by atoms with Crippen LogP contribution in [0.5, 0.6) is 0 Å². The van der Waals surface area contributed by atoms with Crippen molar-refractivity contribution >= 4 is 27.5 Å². The average Bonchev–Trinajstić information content (AvgIpc) is 2.44. The first-order valence-electron chi connectivity index (χ1n) is 6.47. The number of rotatable bonds is 5. The summed E-state index contributed by atoms with van der Waals surface area (Å²) in [6.07, 6.45) is 0.437. The van der Waals surface area contributed by atoms with Gasteiger partial charge < -0.3 is 11.1 Å². The molecule has 0 radical (unpaired) electrons. The molecule has 0 saturated carbocycles. The van der Waals surface area contributed by atoms with Gasteiger partial charge in [-0.1, -0.05) is 28.1 Å². The van der Waals surface area contributed by atoms with Crippen LogP contribution in [0.15, 0.2) is 53.0 Å². The summed E-state index contributed by atoms with van der Waals surface area (Å²) < 4.78 is 13.9. The van der Waals surface area contributed by atoms with Crippen LogP contribution in [-0.4, -0.2) is 11.4 Å². The SMILES string of the molecule is CC(Cc1ccc(Br)cc1)(Nc1ccc(F)cc1)C(N)=O. The lowest BCUT2D eigenvalue weighted by atomic mass is 9.91. The standard InChI is InChI=1S/C16H16BrFN2O/c1-16(15(19)21,10-11-2-4-12(17)5-3-11)20-14-8-6-13(18)7-9-14/h2-9,20H,10H2,1H3,(H2,19,21). The van der Waals surface area contributed by atoms with E-state index >= 15 is 0 Å². The van der Waals surface area contributed by atoms with Gasteiger partial charge in [0.2, 0.25) is 5.91 Å². The first-order valence-corrected chi connectivity index (χ1v) is 7.26. The van der Waals surface area contributed by atoms with E-state index in [-0.39, 0.29) is 5.82 Å². The molecule has 21 heavy (non-hydrogen) atoms. The summed E-state index contributed by atoms with van der Waals surface area (Å²) in [6, 6.07) is 13.5. The van der Waals surface area contributed by atoms with Crippen LogP contribution in [0.25, 0.3) is 0 Å². The lowest BCUT2D eigenvalue weighted by Gasteiger charge is -2.29. The Morgan fingerprint density at radius 1 is 1.19 bits per heavy atom. The van der Waals surface area contributed by atoms with Crippen LogP contribution in [0.1, 0.15) is 12.5 Å². The number of carbonyl (C=O) groups excluding carboxylic acids is 1. The fourth-order valence-corrected chi connectivity index (χ4v) is 2.32. The van der Waals surface area contributed by atoms with Gasteiger partial charge in [-0.3, -0.25) is 4.79 Å². The molecule has 0 aliphatic carbocycles. The van der Waals surface area contributed by atoms with Gasteiger partial charge >= 0.3 is 0 Å². The van der Waals surface area contributed by atoms with E-state index in [0.717, 1.165) is 10.0 Å². The predicted octanol–water partition coefficient (Wildman–Crippen LogP) is 3.49. The highest BCUT2D eigenvalue weighted by molar-refractivity contribution is 9.10. The number of nitrogens with one attached hydrogen (secondary N) is 1. The largest absolute Gasteiger partial charge is 0.371 e. The fraction of sp³-hybridized carbons (Fsp3) is 0.188. The molecule has 1 unspecified atom stereocenters. The minimum Gasteiger partial charge on any atom is -0.371 e. The summed E-state index contributed by atoms with van der Waals surface area (Å²) in [5.74, 6) is -0.788. The van der Waals surface area contributed by atoms with Gasteiger partial charge in [0.25, 0.3) is 0 Å². The maximum Gasteiger partial charge on any atom is 0.243 e. The van der Waals surface area contributed by atoms with E-state index in [1.165, 1.54) is 12.1 Å². The Morgan fingerprint density at radius 2 is 1.76 bits per heavy atom.